The highest BCUT2D eigenvalue weighted by Gasteiger charge is 2.36. The van der Waals surface area contributed by atoms with Gasteiger partial charge in [0.05, 0.1) is 12.6 Å². The third kappa shape index (κ3) is 2.19. The number of aromatic nitrogens is 2. The van der Waals surface area contributed by atoms with Gasteiger partial charge in [-0.2, -0.15) is 4.98 Å². The van der Waals surface area contributed by atoms with Crippen molar-refractivity contribution < 1.29 is 14.0 Å². The van der Waals surface area contributed by atoms with Gasteiger partial charge in [0, 0.05) is 7.05 Å². The van der Waals surface area contributed by atoms with Crippen LogP contribution in [0.5, 0.6) is 0 Å². The molecule has 0 saturated carbocycles. The molecule has 0 spiro atoms. The molecular formula is C9H8ClFN4O2. The summed E-state index contributed by atoms with van der Waals surface area (Å²) in [7, 11) is 1.37. The van der Waals surface area contributed by atoms with Crippen LogP contribution < -0.4 is 5.32 Å². The molecule has 17 heavy (non-hydrogen) atoms. The van der Waals surface area contributed by atoms with E-state index in [1.807, 2.05) is 0 Å². The number of hydrogen-bond acceptors (Lipinski definition) is 5. The number of carbonyl (C=O) groups is 2. The van der Waals surface area contributed by atoms with Crippen LogP contribution in [0.3, 0.4) is 0 Å². The first kappa shape index (κ1) is 11.7. The highest BCUT2D eigenvalue weighted by molar-refractivity contribution is 6.28. The van der Waals surface area contributed by atoms with E-state index >= 15 is 0 Å². The molecular weight excluding hydrogens is 251 g/mol. The molecule has 0 radical (unpaired) electrons. The van der Waals surface area contributed by atoms with E-state index in [1.165, 1.54) is 7.05 Å². The van der Waals surface area contributed by atoms with Gasteiger partial charge in [0.2, 0.25) is 11.2 Å². The van der Waals surface area contributed by atoms with E-state index < -0.39 is 17.8 Å². The zero-order valence-corrected chi connectivity index (χ0v) is 9.53. The van der Waals surface area contributed by atoms with Crippen molar-refractivity contribution in [2.24, 2.45) is 0 Å². The molecule has 8 heteroatoms. The van der Waals surface area contributed by atoms with Crippen LogP contribution in [0.25, 0.3) is 0 Å². The minimum Gasteiger partial charge on any atom is -0.355 e. The molecule has 1 saturated heterocycles. The number of nitrogens with zero attached hydrogens (tertiary/aromatic N) is 3. The van der Waals surface area contributed by atoms with Crippen LogP contribution in [0.15, 0.2) is 6.20 Å². The van der Waals surface area contributed by atoms with Gasteiger partial charge in [-0.3, -0.25) is 14.5 Å². The van der Waals surface area contributed by atoms with Crippen LogP contribution in [0.1, 0.15) is 6.42 Å². The minimum absolute atomic E-state index is 0.0314. The smallest absolute Gasteiger partial charge is 0.251 e. The molecule has 0 aliphatic carbocycles. The van der Waals surface area contributed by atoms with Crippen LogP contribution in [0.2, 0.25) is 5.28 Å². The van der Waals surface area contributed by atoms with Gasteiger partial charge in [-0.25, -0.2) is 9.37 Å². The van der Waals surface area contributed by atoms with Gasteiger partial charge in [-0.1, -0.05) is 0 Å². The Balaban J connectivity index is 2.19. The lowest BCUT2D eigenvalue weighted by Crippen LogP contribution is -2.32. The van der Waals surface area contributed by atoms with Crippen LogP contribution in [0, 0.1) is 5.82 Å². The third-order valence-electron chi connectivity index (χ3n) is 2.41. The first-order valence-electron chi connectivity index (χ1n) is 4.74. The van der Waals surface area contributed by atoms with E-state index in [2.05, 4.69) is 15.3 Å². The Kier molecular flexibility index (Phi) is 2.93. The predicted octanol–water partition coefficient (Wildman–Crippen LogP) is 0.438. The molecule has 1 atom stereocenters. The number of halogens is 2. The van der Waals surface area contributed by atoms with Gasteiger partial charge in [-0.15, -0.1) is 0 Å². The van der Waals surface area contributed by atoms with Gasteiger partial charge in [-0.05, 0) is 11.6 Å². The Morgan fingerprint density at radius 1 is 1.59 bits per heavy atom. The SMILES string of the molecule is CN1C(=O)CC(Nc2nc(Cl)ncc2F)C1=O. The molecule has 0 aromatic carbocycles. The van der Waals surface area contributed by atoms with E-state index in [1.54, 1.807) is 0 Å². The first-order valence-corrected chi connectivity index (χ1v) is 5.12. The summed E-state index contributed by atoms with van der Waals surface area (Å²) in [5, 5.41) is 2.40. The van der Waals surface area contributed by atoms with Crippen molar-refractivity contribution in [3.63, 3.8) is 0 Å². The number of hydrogen-bond donors (Lipinski definition) is 1. The van der Waals surface area contributed by atoms with Gasteiger partial charge in [0.25, 0.3) is 5.91 Å². The molecule has 90 valence electrons. The van der Waals surface area contributed by atoms with Gasteiger partial charge < -0.3 is 5.32 Å². The Morgan fingerprint density at radius 3 is 2.88 bits per heavy atom. The number of amides is 2. The van der Waals surface area contributed by atoms with Crippen molar-refractivity contribution in [2.75, 3.05) is 12.4 Å². The maximum Gasteiger partial charge on any atom is 0.251 e. The van der Waals surface area contributed by atoms with Gasteiger partial charge >= 0.3 is 0 Å². The zero-order chi connectivity index (χ0) is 12.6. The second kappa shape index (κ2) is 4.25. The van der Waals surface area contributed by atoms with Crippen molar-refractivity contribution in [1.82, 2.24) is 14.9 Å². The number of likely N-dealkylation sites (N-methyl/N-ethyl adjacent to an activating group) is 1. The lowest BCUT2D eigenvalue weighted by molar-refractivity contribution is -0.136. The molecule has 6 nitrogen and oxygen atoms in total. The molecule has 1 aliphatic heterocycles. The van der Waals surface area contributed by atoms with E-state index in [-0.39, 0.29) is 23.4 Å². The van der Waals surface area contributed by atoms with Crippen molar-refractivity contribution >= 4 is 29.2 Å². The van der Waals surface area contributed by atoms with Crippen LogP contribution >= 0.6 is 11.6 Å². The first-order chi connectivity index (χ1) is 7.99. The fourth-order valence-corrected chi connectivity index (χ4v) is 1.61. The van der Waals surface area contributed by atoms with Crippen LogP contribution in [-0.2, 0) is 9.59 Å². The number of anilines is 1. The number of rotatable bonds is 2. The van der Waals surface area contributed by atoms with Crippen molar-refractivity contribution in [3.05, 3.63) is 17.3 Å². The summed E-state index contributed by atoms with van der Waals surface area (Å²) in [5.41, 5.74) is 0. The number of imide groups is 1. The quantitative estimate of drug-likeness (QED) is 0.615. The third-order valence-corrected chi connectivity index (χ3v) is 2.59. The lowest BCUT2D eigenvalue weighted by Gasteiger charge is -2.11. The maximum atomic E-state index is 13.3. The fraction of sp³-hybridized carbons (Fsp3) is 0.333. The van der Waals surface area contributed by atoms with Crippen LogP contribution in [0.4, 0.5) is 10.2 Å². The summed E-state index contributed by atoms with van der Waals surface area (Å²) in [6, 6.07) is -0.812. The fourth-order valence-electron chi connectivity index (χ4n) is 1.48. The lowest BCUT2D eigenvalue weighted by atomic mass is 10.2. The molecule has 2 heterocycles. The molecule has 1 unspecified atom stereocenters. The highest BCUT2D eigenvalue weighted by Crippen LogP contribution is 2.18. The Bertz CT molecular complexity index is 496. The summed E-state index contributed by atoms with van der Waals surface area (Å²) in [5.74, 6) is -1.67. The topological polar surface area (TPSA) is 75.2 Å². The second-order valence-corrected chi connectivity index (χ2v) is 3.87. The molecule has 1 aromatic rings. The molecule has 1 aromatic heterocycles. The summed E-state index contributed by atoms with van der Waals surface area (Å²) >= 11 is 5.50. The summed E-state index contributed by atoms with van der Waals surface area (Å²) < 4.78 is 13.3. The average molecular weight is 259 g/mol. The Hall–Kier alpha value is -1.76. The minimum atomic E-state index is -0.812. The van der Waals surface area contributed by atoms with E-state index in [0.29, 0.717) is 0 Å². The number of likely N-dealkylation sites (tertiary alicyclic amines) is 1. The summed E-state index contributed by atoms with van der Waals surface area (Å²) in [6.07, 6.45) is 0.860. The molecule has 1 aliphatic rings. The standard InChI is InChI=1S/C9H8ClFN4O2/c1-15-6(16)2-5(8(15)17)13-7-4(11)3-12-9(10)14-7/h3,5H,2H2,1H3,(H,12,13,14). The van der Waals surface area contributed by atoms with Crippen molar-refractivity contribution in [1.29, 1.82) is 0 Å². The molecule has 2 rings (SSSR count). The molecule has 2 amide bonds. The Morgan fingerprint density at radius 2 is 2.29 bits per heavy atom. The molecule has 1 fully saturated rings. The summed E-state index contributed by atoms with van der Waals surface area (Å²) in [6.45, 7) is 0. The molecule has 0 bridgehead atoms. The van der Waals surface area contributed by atoms with Gasteiger partial charge in [0.1, 0.15) is 6.04 Å². The van der Waals surface area contributed by atoms with Crippen molar-refractivity contribution in [2.45, 2.75) is 12.5 Å². The van der Waals surface area contributed by atoms with E-state index in [0.717, 1.165) is 11.1 Å². The maximum absolute atomic E-state index is 13.3. The van der Waals surface area contributed by atoms with E-state index in [9.17, 15) is 14.0 Å². The monoisotopic (exact) mass is 258 g/mol. The predicted molar refractivity (Wildman–Crippen MR) is 56.8 cm³/mol. The zero-order valence-electron chi connectivity index (χ0n) is 8.78. The van der Waals surface area contributed by atoms with E-state index in [4.69, 9.17) is 11.6 Å². The highest BCUT2D eigenvalue weighted by atomic mass is 35.5. The largest absolute Gasteiger partial charge is 0.355 e. The van der Waals surface area contributed by atoms with Crippen LogP contribution in [-0.4, -0.2) is 39.8 Å². The Labute approximate surface area is 101 Å². The second-order valence-electron chi connectivity index (χ2n) is 3.53. The molecule has 1 N–H and O–H groups in total. The van der Waals surface area contributed by atoms with Crippen molar-refractivity contribution in [3.8, 4) is 0 Å². The number of carbonyl (C=O) groups excluding carboxylic acids is 2. The normalized spacial score (nSPS) is 19.9. The van der Waals surface area contributed by atoms with Gasteiger partial charge in [0.15, 0.2) is 11.6 Å². The summed E-state index contributed by atoms with van der Waals surface area (Å²) in [4.78, 5) is 30.8. The average Bonchev–Trinajstić information content (AvgIpc) is 2.52. The number of nitrogens with one attached hydrogen (secondary N) is 1.